The smallest absolute Gasteiger partial charge is 0.253 e. The summed E-state index contributed by atoms with van der Waals surface area (Å²) in [6.45, 7) is 4.45. The lowest BCUT2D eigenvalue weighted by Crippen LogP contribution is -2.40. The number of hydrogen-bond donors (Lipinski definition) is 2. The molecule has 0 bridgehead atoms. The summed E-state index contributed by atoms with van der Waals surface area (Å²) in [5.74, 6) is 0.401. The number of carbonyl (C=O) groups excluding carboxylic acids is 1. The molecule has 1 aromatic rings. The van der Waals surface area contributed by atoms with E-state index in [9.17, 15) is 4.79 Å². The summed E-state index contributed by atoms with van der Waals surface area (Å²) in [7, 11) is 0. The van der Waals surface area contributed by atoms with Crippen molar-refractivity contribution in [3.63, 3.8) is 0 Å². The van der Waals surface area contributed by atoms with Gasteiger partial charge in [0.25, 0.3) is 5.91 Å². The molecule has 2 atom stereocenters. The molecule has 1 fully saturated rings. The molecule has 1 aliphatic carbocycles. The minimum atomic E-state index is -0.0228. The van der Waals surface area contributed by atoms with Gasteiger partial charge in [0, 0.05) is 11.7 Å². The first kappa shape index (κ1) is 13.0. The number of nitrogens with zero attached hydrogens (tertiary/aromatic N) is 1. The normalized spacial score (nSPS) is 23.1. The molecule has 0 aromatic carbocycles. The second-order valence-corrected chi connectivity index (χ2v) is 5.09. The number of carbonyl (C=O) groups is 1. The molecule has 98 valence electrons. The molecule has 2 rings (SSSR count). The molecule has 1 amide bonds. The molecular formula is C14H21N3O. The summed E-state index contributed by atoms with van der Waals surface area (Å²) in [5, 5.41) is 3.10. The summed E-state index contributed by atoms with van der Waals surface area (Å²) >= 11 is 0. The van der Waals surface area contributed by atoms with Crippen molar-refractivity contribution < 1.29 is 4.79 Å². The van der Waals surface area contributed by atoms with E-state index in [1.807, 2.05) is 26.0 Å². The van der Waals surface area contributed by atoms with Gasteiger partial charge >= 0.3 is 0 Å². The van der Waals surface area contributed by atoms with Crippen LogP contribution in [0, 0.1) is 19.8 Å². The Morgan fingerprint density at radius 2 is 2.22 bits per heavy atom. The molecular weight excluding hydrogens is 226 g/mol. The van der Waals surface area contributed by atoms with Gasteiger partial charge in [0.1, 0.15) is 0 Å². The number of nitrogens with two attached hydrogens (primary N) is 1. The third-order valence-electron chi connectivity index (χ3n) is 3.75. The number of aryl methyl sites for hydroxylation is 2. The van der Waals surface area contributed by atoms with Gasteiger partial charge in [-0.05, 0) is 51.3 Å². The van der Waals surface area contributed by atoms with Crippen molar-refractivity contribution in [2.75, 3.05) is 6.54 Å². The Hall–Kier alpha value is -1.42. The molecule has 2 unspecified atom stereocenters. The number of aromatic nitrogens is 1. The van der Waals surface area contributed by atoms with E-state index in [0.29, 0.717) is 18.0 Å². The zero-order chi connectivity index (χ0) is 13.1. The Balaban J connectivity index is 2.07. The highest BCUT2D eigenvalue weighted by Gasteiger charge is 2.27. The van der Waals surface area contributed by atoms with Gasteiger partial charge in [0.2, 0.25) is 0 Å². The number of hydrogen-bond acceptors (Lipinski definition) is 3. The van der Waals surface area contributed by atoms with E-state index < -0.39 is 0 Å². The zero-order valence-electron chi connectivity index (χ0n) is 11.1. The van der Waals surface area contributed by atoms with E-state index in [2.05, 4.69) is 10.3 Å². The predicted molar refractivity (Wildman–Crippen MR) is 71.4 cm³/mol. The Labute approximate surface area is 108 Å². The monoisotopic (exact) mass is 247 g/mol. The van der Waals surface area contributed by atoms with E-state index in [4.69, 9.17) is 5.73 Å². The minimum absolute atomic E-state index is 0.0228. The maximum Gasteiger partial charge on any atom is 0.253 e. The summed E-state index contributed by atoms with van der Waals surface area (Å²) < 4.78 is 0. The predicted octanol–water partition coefficient (Wildman–Crippen LogP) is 1.56. The van der Waals surface area contributed by atoms with Gasteiger partial charge in [-0.25, -0.2) is 0 Å². The van der Waals surface area contributed by atoms with Crippen molar-refractivity contribution in [3.05, 3.63) is 29.1 Å². The summed E-state index contributed by atoms with van der Waals surface area (Å²) in [6.07, 6.45) is 3.30. The molecule has 0 aliphatic heterocycles. The van der Waals surface area contributed by atoms with Crippen LogP contribution in [0.5, 0.6) is 0 Å². The highest BCUT2D eigenvalue weighted by molar-refractivity contribution is 5.95. The number of rotatable bonds is 3. The molecule has 1 heterocycles. The largest absolute Gasteiger partial charge is 0.349 e. The topological polar surface area (TPSA) is 68.0 Å². The first-order valence-corrected chi connectivity index (χ1v) is 6.57. The molecule has 1 saturated carbocycles. The van der Waals surface area contributed by atoms with Crippen LogP contribution in [0.15, 0.2) is 12.1 Å². The lowest BCUT2D eigenvalue weighted by Gasteiger charge is -2.19. The van der Waals surface area contributed by atoms with Gasteiger partial charge in [-0.15, -0.1) is 0 Å². The average molecular weight is 247 g/mol. The number of amides is 1. The van der Waals surface area contributed by atoms with Crippen molar-refractivity contribution in [1.29, 1.82) is 0 Å². The van der Waals surface area contributed by atoms with E-state index in [1.165, 1.54) is 0 Å². The van der Waals surface area contributed by atoms with Gasteiger partial charge in [-0.2, -0.15) is 0 Å². The van der Waals surface area contributed by atoms with Crippen LogP contribution >= 0.6 is 0 Å². The molecule has 4 nitrogen and oxygen atoms in total. The van der Waals surface area contributed by atoms with E-state index in [1.54, 1.807) is 0 Å². The quantitative estimate of drug-likeness (QED) is 0.851. The molecule has 4 heteroatoms. The first-order valence-electron chi connectivity index (χ1n) is 6.57. The maximum absolute atomic E-state index is 12.2. The van der Waals surface area contributed by atoms with Crippen LogP contribution in [0.25, 0.3) is 0 Å². The van der Waals surface area contributed by atoms with Crippen molar-refractivity contribution in [3.8, 4) is 0 Å². The summed E-state index contributed by atoms with van der Waals surface area (Å²) in [6, 6.07) is 3.94. The molecule has 0 radical (unpaired) electrons. The van der Waals surface area contributed by atoms with Crippen LogP contribution in [-0.4, -0.2) is 23.5 Å². The van der Waals surface area contributed by atoms with Crippen LogP contribution in [-0.2, 0) is 0 Å². The van der Waals surface area contributed by atoms with Gasteiger partial charge < -0.3 is 11.1 Å². The molecule has 0 spiro atoms. The average Bonchev–Trinajstić information content (AvgIpc) is 2.76. The van der Waals surface area contributed by atoms with E-state index >= 15 is 0 Å². The number of pyridine rings is 1. The van der Waals surface area contributed by atoms with E-state index in [0.717, 1.165) is 30.7 Å². The fourth-order valence-electron chi connectivity index (χ4n) is 2.68. The van der Waals surface area contributed by atoms with Gasteiger partial charge in [0.05, 0.1) is 11.3 Å². The third kappa shape index (κ3) is 2.70. The molecule has 1 aliphatic rings. The van der Waals surface area contributed by atoms with Crippen molar-refractivity contribution in [1.82, 2.24) is 10.3 Å². The Kier molecular flexibility index (Phi) is 3.97. The Morgan fingerprint density at radius 3 is 2.89 bits per heavy atom. The SMILES string of the molecule is Cc1ccc(C(=O)NC2CCCC2CN)c(C)n1. The Bertz CT molecular complexity index is 445. The lowest BCUT2D eigenvalue weighted by atomic mass is 10.0. The fourth-order valence-corrected chi connectivity index (χ4v) is 2.68. The minimum Gasteiger partial charge on any atom is -0.349 e. The van der Waals surface area contributed by atoms with Crippen LogP contribution in [0.1, 0.15) is 41.0 Å². The van der Waals surface area contributed by atoms with Crippen molar-refractivity contribution in [2.24, 2.45) is 11.7 Å². The van der Waals surface area contributed by atoms with Crippen LogP contribution in [0.4, 0.5) is 0 Å². The second kappa shape index (κ2) is 5.48. The molecule has 3 N–H and O–H groups in total. The van der Waals surface area contributed by atoms with Crippen LogP contribution < -0.4 is 11.1 Å². The standard InChI is InChI=1S/C14H21N3O/c1-9-6-7-12(10(2)16-9)14(18)17-13-5-3-4-11(13)8-15/h6-7,11,13H,3-5,8,15H2,1-2H3,(H,17,18). The van der Waals surface area contributed by atoms with Crippen molar-refractivity contribution >= 4 is 5.91 Å². The molecule has 18 heavy (non-hydrogen) atoms. The zero-order valence-corrected chi connectivity index (χ0v) is 11.1. The van der Waals surface area contributed by atoms with Crippen LogP contribution in [0.2, 0.25) is 0 Å². The number of nitrogens with one attached hydrogen (secondary N) is 1. The van der Waals surface area contributed by atoms with E-state index in [-0.39, 0.29) is 11.9 Å². The van der Waals surface area contributed by atoms with Crippen molar-refractivity contribution in [2.45, 2.75) is 39.2 Å². The van der Waals surface area contributed by atoms with Gasteiger partial charge in [-0.3, -0.25) is 9.78 Å². The fraction of sp³-hybridized carbons (Fsp3) is 0.571. The molecule has 1 aromatic heterocycles. The third-order valence-corrected chi connectivity index (χ3v) is 3.75. The van der Waals surface area contributed by atoms with Crippen LogP contribution in [0.3, 0.4) is 0 Å². The lowest BCUT2D eigenvalue weighted by molar-refractivity contribution is 0.0927. The summed E-state index contributed by atoms with van der Waals surface area (Å²) in [5.41, 5.74) is 8.12. The molecule has 0 saturated heterocycles. The highest BCUT2D eigenvalue weighted by Crippen LogP contribution is 2.25. The summed E-state index contributed by atoms with van der Waals surface area (Å²) in [4.78, 5) is 16.5. The Morgan fingerprint density at radius 1 is 1.44 bits per heavy atom. The highest BCUT2D eigenvalue weighted by atomic mass is 16.1. The second-order valence-electron chi connectivity index (χ2n) is 5.09. The first-order chi connectivity index (χ1) is 8.61. The van der Waals surface area contributed by atoms with Gasteiger partial charge in [0.15, 0.2) is 0 Å². The maximum atomic E-state index is 12.2. The van der Waals surface area contributed by atoms with Gasteiger partial charge in [-0.1, -0.05) is 6.42 Å².